The molecule has 2 N–H and O–H groups in total. The molecule has 2 amide bonds. The first-order valence-corrected chi connectivity index (χ1v) is 12.6. The van der Waals surface area contributed by atoms with Gasteiger partial charge in [0.05, 0.1) is 17.0 Å². The van der Waals surface area contributed by atoms with E-state index in [0.717, 1.165) is 25.0 Å². The van der Waals surface area contributed by atoms with Crippen LogP contribution in [0.5, 0.6) is 0 Å². The minimum atomic E-state index is -0.823. The lowest BCUT2D eigenvalue weighted by Gasteiger charge is -2.44. The molecule has 1 saturated carbocycles. The van der Waals surface area contributed by atoms with Crippen molar-refractivity contribution in [3.63, 3.8) is 0 Å². The third-order valence-corrected chi connectivity index (χ3v) is 7.26. The number of nitrogens with zero attached hydrogens (tertiary/aromatic N) is 4. The third kappa shape index (κ3) is 5.28. The van der Waals surface area contributed by atoms with Gasteiger partial charge in [-0.3, -0.25) is 14.5 Å². The summed E-state index contributed by atoms with van der Waals surface area (Å²) in [5, 5.41) is 9.87. The van der Waals surface area contributed by atoms with Gasteiger partial charge in [0.1, 0.15) is 11.6 Å². The fourth-order valence-corrected chi connectivity index (χ4v) is 4.84. The Hall–Kier alpha value is -3.73. The fraction of sp³-hybridized carbons (Fsp3) is 0.444. The third-order valence-electron chi connectivity index (χ3n) is 7.26. The molecule has 3 aromatic rings. The smallest absolute Gasteiger partial charge is 0.273 e. The predicted octanol–water partition coefficient (Wildman–Crippen LogP) is 3.43. The molecule has 0 bridgehead atoms. The number of rotatable bonds is 6. The van der Waals surface area contributed by atoms with Crippen LogP contribution in [0.25, 0.3) is 11.3 Å². The molecule has 2 atom stereocenters. The van der Waals surface area contributed by atoms with E-state index in [1.165, 1.54) is 12.1 Å². The van der Waals surface area contributed by atoms with Gasteiger partial charge < -0.3 is 15.2 Å². The summed E-state index contributed by atoms with van der Waals surface area (Å²) < 4.78 is 32.6. The zero-order chi connectivity index (χ0) is 27.1. The van der Waals surface area contributed by atoms with Crippen LogP contribution in [-0.4, -0.2) is 56.5 Å². The number of halogens is 2. The summed E-state index contributed by atoms with van der Waals surface area (Å²) in [4.78, 5) is 37.6. The molecule has 9 nitrogen and oxygen atoms in total. The molecule has 1 saturated heterocycles. The highest BCUT2D eigenvalue weighted by Gasteiger charge is 2.50. The number of hydrogen-bond acceptors (Lipinski definition) is 7. The van der Waals surface area contributed by atoms with Crippen molar-refractivity contribution in [2.75, 3.05) is 13.1 Å². The van der Waals surface area contributed by atoms with Crippen molar-refractivity contribution in [1.82, 2.24) is 30.7 Å². The zero-order valence-corrected chi connectivity index (χ0v) is 21.5. The largest absolute Gasteiger partial charge is 0.355 e. The van der Waals surface area contributed by atoms with Gasteiger partial charge in [-0.2, -0.15) is 0 Å². The molecule has 11 heteroatoms. The van der Waals surface area contributed by atoms with Gasteiger partial charge in [-0.15, -0.1) is 0 Å². The highest BCUT2D eigenvalue weighted by molar-refractivity contribution is 5.94. The van der Waals surface area contributed by atoms with Crippen LogP contribution < -0.4 is 10.6 Å². The quantitative estimate of drug-likeness (QED) is 0.508. The first-order chi connectivity index (χ1) is 18.1. The maximum absolute atomic E-state index is 14.2. The Morgan fingerprint density at radius 1 is 1.13 bits per heavy atom. The second-order valence-electron chi connectivity index (χ2n) is 10.9. The van der Waals surface area contributed by atoms with E-state index >= 15 is 0 Å². The van der Waals surface area contributed by atoms with E-state index in [-0.39, 0.29) is 28.5 Å². The second-order valence-corrected chi connectivity index (χ2v) is 10.9. The Morgan fingerprint density at radius 3 is 2.53 bits per heavy atom. The van der Waals surface area contributed by atoms with Crippen LogP contribution in [0.4, 0.5) is 8.78 Å². The maximum Gasteiger partial charge on any atom is 0.273 e. The molecule has 2 fully saturated rings. The van der Waals surface area contributed by atoms with Gasteiger partial charge in [0.15, 0.2) is 17.3 Å². The molecule has 200 valence electrons. The number of nitrogens with one attached hydrogen (secondary N) is 2. The van der Waals surface area contributed by atoms with E-state index in [1.54, 1.807) is 18.5 Å². The number of likely N-dealkylation sites (tertiary alicyclic amines) is 1. The zero-order valence-electron chi connectivity index (χ0n) is 21.5. The highest BCUT2D eigenvalue weighted by atomic mass is 19.1. The van der Waals surface area contributed by atoms with Crippen LogP contribution in [0.15, 0.2) is 47.2 Å². The van der Waals surface area contributed by atoms with Gasteiger partial charge in [-0.05, 0) is 58.2 Å². The maximum atomic E-state index is 14.2. The lowest BCUT2D eigenvalue weighted by Crippen LogP contribution is -2.60. The Balaban J connectivity index is 1.33. The summed E-state index contributed by atoms with van der Waals surface area (Å²) in [6.45, 7) is 7.42. The molecule has 0 spiro atoms. The number of amides is 2. The van der Waals surface area contributed by atoms with Crippen molar-refractivity contribution in [3.05, 3.63) is 65.9 Å². The lowest BCUT2D eigenvalue weighted by molar-refractivity contribution is -0.129. The van der Waals surface area contributed by atoms with E-state index in [9.17, 15) is 18.4 Å². The molecule has 2 aromatic heterocycles. The minimum Gasteiger partial charge on any atom is -0.355 e. The molecule has 0 radical (unpaired) electrons. The van der Waals surface area contributed by atoms with Crippen molar-refractivity contribution in [1.29, 1.82) is 0 Å². The number of piperidine rings is 1. The number of carbonyl (C=O) groups is 2. The molecular weight excluding hydrogens is 494 g/mol. The normalized spacial score (nSPS) is 21.1. The van der Waals surface area contributed by atoms with Gasteiger partial charge in [0.25, 0.3) is 5.91 Å². The van der Waals surface area contributed by atoms with E-state index in [0.29, 0.717) is 25.3 Å². The van der Waals surface area contributed by atoms with E-state index in [4.69, 9.17) is 4.52 Å². The van der Waals surface area contributed by atoms with Gasteiger partial charge >= 0.3 is 0 Å². The van der Waals surface area contributed by atoms with E-state index in [2.05, 4.69) is 51.4 Å². The van der Waals surface area contributed by atoms with E-state index < -0.39 is 35.0 Å². The summed E-state index contributed by atoms with van der Waals surface area (Å²) in [5.41, 5.74) is -0.811. The summed E-state index contributed by atoms with van der Waals surface area (Å²) in [6, 6.07) is 5.62. The number of carbonyl (C=O) groups excluding carboxylic acids is 2. The molecule has 0 unspecified atom stereocenters. The molecule has 1 aliphatic carbocycles. The molecule has 1 aromatic carbocycles. The van der Waals surface area contributed by atoms with Crippen molar-refractivity contribution >= 4 is 11.8 Å². The number of aromatic nitrogens is 3. The first-order valence-electron chi connectivity index (χ1n) is 12.6. The summed E-state index contributed by atoms with van der Waals surface area (Å²) in [7, 11) is 0. The van der Waals surface area contributed by atoms with E-state index in [1.807, 2.05) is 0 Å². The standard InChI is InChI=1S/C27H30F2N6O3/c1-26(2,3)35-12-7-20(18(15-35)23(36)33-27(8-9-27)25-30-10-4-11-31-25)32-24(37)21-14-22(38-34-21)17-6-5-16(28)13-19(17)29/h4-6,10-11,13-14,18,20H,7-9,12,15H2,1-3H3,(H,32,37)(H,33,36)/t18-,20-/m1/s1. The van der Waals surface area contributed by atoms with Crippen LogP contribution in [0.3, 0.4) is 0 Å². The average molecular weight is 525 g/mol. The SMILES string of the molecule is CC(C)(C)N1CC[C@@H](NC(=O)c2cc(-c3ccc(F)cc3F)on2)[C@H](C(=O)NC2(c3ncccn3)CC2)C1. The summed E-state index contributed by atoms with van der Waals surface area (Å²) in [6.07, 6.45) is 5.36. The first kappa shape index (κ1) is 25.9. The molecule has 5 rings (SSSR count). The van der Waals surface area contributed by atoms with Crippen LogP contribution in [-0.2, 0) is 10.3 Å². The van der Waals surface area contributed by atoms with Crippen LogP contribution in [0.1, 0.15) is 56.3 Å². The van der Waals surface area contributed by atoms with Crippen LogP contribution >= 0.6 is 0 Å². The predicted molar refractivity (Wildman–Crippen MR) is 134 cm³/mol. The molecule has 1 aliphatic heterocycles. The molecular formula is C27H30F2N6O3. The van der Waals surface area contributed by atoms with Gasteiger partial charge in [0, 0.05) is 49.2 Å². The Morgan fingerprint density at radius 2 is 1.87 bits per heavy atom. The van der Waals surface area contributed by atoms with Crippen LogP contribution in [0.2, 0.25) is 0 Å². The van der Waals surface area contributed by atoms with Crippen molar-refractivity contribution in [3.8, 4) is 11.3 Å². The monoisotopic (exact) mass is 524 g/mol. The van der Waals surface area contributed by atoms with Crippen LogP contribution in [0, 0.1) is 17.6 Å². The van der Waals surface area contributed by atoms with Gasteiger partial charge in [-0.25, -0.2) is 18.7 Å². The number of benzene rings is 1. The Labute approximate surface area is 219 Å². The molecule has 3 heterocycles. The topological polar surface area (TPSA) is 113 Å². The Kier molecular flexibility index (Phi) is 6.72. The fourth-order valence-electron chi connectivity index (χ4n) is 4.84. The Bertz CT molecular complexity index is 1340. The van der Waals surface area contributed by atoms with Crippen molar-refractivity contribution in [2.45, 2.75) is 57.2 Å². The molecule has 2 aliphatic rings. The van der Waals surface area contributed by atoms with Gasteiger partial charge in [0.2, 0.25) is 5.91 Å². The van der Waals surface area contributed by atoms with Crippen molar-refractivity contribution in [2.24, 2.45) is 5.92 Å². The average Bonchev–Trinajstić information content (AvgIpc) is 3.49. The second kappa shape index (κ2) is 9.86. The number of hydrogen-bond donors (Lipinski definition) is 2. The highest BCUT2D eigenvalue weighted by Crippen LogP contribution is 2.44. The molecule has 38 heavy (non-hydrogen) atoms. The van der Waals surface area contributed by atoms with Gasteiger partial charge in [-0.1, -0.05) is 5.16 Å². The minimum absolute atomic E-state index is 0.00281. The summed E-state index contributed by atoms with van der Waals surface area (Å²) in [5.74, 6) is -2.21. The van der Waals surface area contributed by atoms with Crippen molar-refractivity contribution < 1.29 is 22.9 Å². The lowest BCUT2D eigenvalue weighted by atomic mass is 9.87. The summed E-state index contributed by atoms with van der Waals surface area (Å²) >= 11 is 0.